The molecule has 0 amide bonds. The van der Waals surface area contributed by atoms with Gasteiger partial charge in [-0.15, -0.1) is 0 Å². The van der Waals surface area contributed by atoms with E-state index in [0.29, 0.717) is 46.1 Å². The molecule has 1 heterocycles. The zero-order valence-electron chi connectivity index (χ0n) is 19.8. The molecule has 0 radical (unpaired) electrons. The number of fused-ring (bicyclic) bond motifs is 1. The van der Waals surface area contributed by atoms with Gasteiger partial charge < -0.3 is 19.5 Å². The van der Waals surface area contributed by atoms with Crippen LogP contribution in [0.25, 0.3) is 22.0 Å². The minimum Gasteiger partial charge on any atom is -0.495 e. The second kappa shape index (κ2) is 10.8. The molecule has 1 unspecified atom stereocenters. The van der Waals surface area contributed by atoms with E-state index in [9.17, 15) is 4.79 Å². The van der Waals surface area contributed by atoms with Crippen molar-refractivity contribution >= 4 is 45.8 Å². The number of rotatable bonds is 9. The maximum absolute atomic E-state index is 12.3. The molecule has 1 N–H and O–H groups in total. The lowest BCUT2D eigenvalue weighted by Crippen LogP contribution is -2.20. The number of ether oxygens (including phenoxy) is 3. The van der Waals surface area contributed by atoms with Crippen molar-refractivity contribution in [1.29, 1.82) is 0 Å². The highest BCUT2D eigenvalue weighted by atomic mass is 35.5. The van der Waals surface area contributed by atoms with Crippen LogP contribution in [-0.2, 0) is 9.53 Å². The Hall–Kier alpha value is -2.87. The van der Waals surface area contributed by atoms with Gasteiger partial charge in [0.25, 0.3) is 0 Å². The van der Waals surface area contributed by atoms with Gasteiger partial charge in [0.15, 0.2) is 5.78 Å². The number of hydrogen-bond acceptors (Lipinski definition) is 7. The van der Waals surface area contributed by atoms with E-state index in [1.807, 2.05) is 18.2 Å². The van der Waals surface area contributed by atoms with Crippen LogP contribution in [-0.4, -0.2) is 49.7 Å². The Morgan fingerprint density at radius 2 is 1.86 bits per heavy atom. The summed E-state index contributed by atoms with van der Waals surface area (Å²) in [7, 11) is 4.73. The van der Waals surface area contributed by atoms with Crippen LogP contribution in [0.3, 0.4) is 0 Å². The van der Waals surface area contributed by atoms with E-state index >= 15 is 0 Å². The third kappa shape index (κ3) is 5.08. The molecule has 0 spiro atoms. The van der Waals surface area contributed by atoms with E-state index in [1.54, 1.807) is 33.6 Å². The van der Waals surface area contributed by atoms with Gasteiger partial charge in [0.1, 0.15) is 11.5 Å². The molecule has 0 saturated heterocycles. The summed E-state index contributed by atoms with van der Waals surface area (Å²) in [5, 5.41) is 5.00. The molecule has 0 aliphatic heterocycles. The van der Waals surface area contributed by atoms with Crippen molar-refractivity contribution in [3.63, 3.8) is 0 Å². The van der Waals surface area contributed by atoms with Gasteiger partial charge in [0.05, 0.1) is 29.8 Å². The van der Waals surface area contributed by atoms with Gasteiger partial charge >= 0.3 is 0 Å². The Labute approximate surface area is 214 Å². The van der Waals surface area contributed by atoms with Crippen molar-refractivity contribution in [2.75, 3.05) is 33.3 Å². The average molecular weight is 516 g/mol. The molecule has 3 atom stereocenters. The number of allylic oxidation sites excluding steroid dienone is 1. The fraction of sp³-hybridized carbons (Fsp3) is 0.346. The summed E-state index contributed by atoms with van der Waals surface area (Å²) in [5.41, 5.74) is 2.17. The highest BCUT2D eigenvalue weighted by molar-refractivity contribution is 6.41. The van der Waals surface area contributed by atoms with Crippen molar-refractivity contribution in [3.8, 4) is 22.6 Å². The maximum Gasteiger partial charge on any atom is 0.223 e. The summed E-state index contributed by atoms with van der Waals surface area (Å²) in [6.45, 7) is 4.17. The fourth-order valence-electron chi connectivity index (χ4n) is 4.72. The van der Waals surface area contributed by atoms with Crippen LogP contribution < -0.4 is 14.8 Å². The predicted octanol–water partition coefficient (Wildman–Crippen LogP) is 5.83. The second-order valence-electron chi connectivity index (χ2n) is 8.49. The smallest absolute Gasteiger partial charge is 0.223 e. The third-order valence-corrected chi connectivity index (χ3v) is 7.17. The normalized spacial score (nSPS) is 19.5. The largest absolute Gasteiger partial charge is 0.495 e. The zero-order chi connectivity index (χ0) is 25.1. The van der Waals surface area contributed by atoms with Gasteiger partial charge in [0.2, 0.25) is 5.95 Å². The first-order valence-corrected chi connectivity index (χ1v) is 11.9. The fourth-order valence-corrected chi connectivity index (χ4v) is 5.44. The molecule has 7 nitrogen and oxygen atoms in total. The Kier molecular flexibility index (Phi) is 7.79. The van der Waals surface area contributed by atoms with Gasteiger partial charge in [-0.25, -0.2) is 9.97 Å². The van der Waals surface area contributed by atoms with Gasteiger partial charge in [-0.05, 0) is 42.5 Å². The molecule has 1 aliphatic carbocycles. The summed E-state index contributed by atoms with van der Waals surface area (Å²) < 4.78 is 16.1. The van der Waals surface area contributed by atoms with Gasteiger partial charge in [-0.1, -0.05) is 35.8 Å². The van der Waals surface area contributed by atoms with E-state index in [0.717, 1.165) is 22.9 Å². The first-order chi connectivity index (χ1) is 16.9. The molecule has 0 bridgehead atoms. The number of anilines is 1. The first kappa shape index (κ1) is 25.2. The van der Waals surface area contributed by atoms with Crippen LogP contribution in [0.15, 0.2) is 43.1 Å². The summed E-state index contributed by atoms with van der Waals surface area (Å²) in [5.74, 6) is 1.53. The van der Waals surface area contributed by atoms with Gasteiger partial charge in [-0.2, -0.15) is 0 Å². The Balaban J connectivity index is 1.60. The van der Waals surface area contributed by atoms with E-state index in [1.165, 1.54) is 6.08 Å². The lowest BCUT2D eigenvalue weighted by Gasteiger charge is -2.15. The maximum atomic E-state index is 12.3. The average Bonchev–Trinajstić information content (AvgIpc) is 3.26. The molecule has 4 rings (SSSR count). The number of nitrogens with one attached hydrogen (secondary N) is 1. The van der Waals surface area contributed by atoms with Crippen LogP contribution in [0, 0.1) is 11.8 Å². The van der Waals surface area contributed by atoms with E-state index in [2.05, 4.69) is 21.9 Å². The quantitative estimate of drug-likeness (QED) is 0.359. The Bertz CT molecular complexity index is 1240. The minimum absolute atomic E-state index is 0.0507. The van der Waals surface area contributed by atoms with Crippen molar-refractivity contribution in [3.05, 3.63) is 53.2 Å². The molecule has 9 heteroatoms. The van der Waals surface area contributed by atoms with Crippen LogP contribution in [0.1, 0.15) is 12.8 Å². The second-order valence-corrected chi connectivity index (χ2v) is 9.25. The summed E-state index contributed by atoms with van der Waals surface area (Å²) in [6, 6.07) is 7.44. The topological polar surface area (TPSA) is 82.6 Å². The minimum atomic E-state index is -0.109. The molecule has 1 saturated carbocycles. The number of nitrogens with zero attached hydrogens (tertiary/aromatic N) is 2. The summed E-state index contributed by atoms with van der Waals surface area (Å²) >= 11 is 13.2. The van der Waals surface area contributed by atoms with Gasteiger partial charge in [0, 0.05) is 48.9 Å². The lowest BCUT2D eigenvalue weighted by atomic mass is 9.93. The number of methoxy groups -OCH3 is 3. The van der Waals surface area contributed by atoms with E-state index in [4.69, 9.17) is 37.4 Å². The van der Waals surface area contributed by atoms with Crippen molar-refractivity contribution in [2.24, 2.45) is 11.8 Å². The summed E-state index contributed by atoms with van der Waals surface area (Å²) in [6.07, 6.45) is 4.64. The SMILES string of the molecule is C=CC(=O)C1C[C@@H](Nc2ncc3cc(-c4c(Cl)c(OC)cc(OC)c4Cl)ccc3n2)C[C@H]1COC. The number of hydrogen-bond donors (Lipinski definition) is 1. The molecule has 184 valence electrons. The third-order valence-electron chi connectivity index (χ3n) is 6.42. The number of ketones is 1. The van der Waals surface area contributed by atoms with Gasteiger partial charge in [-0.3, -0.25) is 4.79 Å². The lowest BCUT2D eigenvalue weighted by molar-refractivity contribution is -0.119. The molecule has 1 aliphatic rings. The Morgan fingerprint density at radius 1 is 1.14 bits per heavy atom. The Morgan fingerprint density at radius 3 is 2.49 bits per heavy atom. The molecule has 3 aromatic rings. The molecule has 1 aromatic heterocycles. The number of halogens is 2. The number of aromatic nitrogens is 2. The standard InChI is InChI=1S/C26H27Cl2N3O4/c1-5-20(32)18-10-17(9-16(18)13-33-2)30-26-29-12-15-8-14(6-7-19(15)31-26)23-24(27)21(34-3)11-22(35-4)25(23)28/h5-8,11-12,16-18H,1,9-10,13H2,2-4H3,(H,29,30,31)/t16-,17-,18?/m0/s1. The van der Waals surface area contributed by atoms with E-state index in [-0.39, 0.29) is 23.7 Å². The molecular formula is C26H27Cl2N3O4. The highest BCUT2D eigenvalue weighted by Gasteiger charge is 2.37. The molecular weight excluding hydrogens is 489 g/mol. The molecule has 1 fully saturated rings. The predicted molar refractivity (Wildman–Crippen MR) is 139 cm³/mol. The number of benzene rings is 2. The van der Waals surface area contributed by atoms with Crippen molar-refractivity contribution in [1.82, 2.24) is 9.97 Å². The number of carbonyl (C=O) groups is 1. The number of carbonyl (C=O) groups excluding carboxylic acids is 1. The van der Waals surface area contributed by atoms with Crippen LogP contribution >= 0.6 is 23.2 Å². The molecule has 35 heavy (non-hydrogen) atoms. The zero-order valence-corrected chi connectivity index (χ0v) is 21.3. The summed E-state index contributed by atoms with van der Waals surface area (Å²) in [4.78, 5) is 21.5. The first-order valence-electron chi connectivity index (χ1n) is 11.2. The highest BCUT2D eigenvalue weighted by Crippen LogP contribution is 2.46. The van der Waals surface area contributed by atoms with E-state index < -0.39 is 0 Å². The van der Waals surface area contributed by atoms with Crippen molar-refractivity contribution in [2.45, 2.75) is 18.9 Å². The monoisotopic (exact) mass is 515 g/mol. The molecule has 2 aromatic carbocycles. The van der Waals surface area contributed by atoms with Crippen LogP contribution in [0.5, 0.6) is 11.5 Å². The van der Waals surface area contributed by atoms with Crippen molar-refractivity contribution < 1.29 is 19.0 Å². The van der Waals surface area contributed by atoms with Crippen LogP contribution in [0.4, 0.5) is 5.95 Å². The van der Waals surface area contributed by atoms with Crippen LogP contribution in [0.2, 0.25) is 10.0 Å².